The maximum absolute atomic E-state index is 11.4. The van der Waals surface area contributed by atoms with Crippen LogP contribution in [0.2, 0.25) is 0 Å². The summed E-state index contributed by atoms with van der Waals surface area (Å²) in [5, 5.41) is 11.3. The number of nitrogens with one attached hydrogen (secondary N) is 1. The highest BCUT2D eigenvalue weighted by molar-refractivity contribution is 5.78. The van der Waals surface area contributed by atoms with E-state index in [1.807, 2.05) is 13.8 Å². The summed E-state index contributed by atoms with van der Waals surface area (Å²) >= 11 is 0. The molecule has 1 rings (SSSR count). The topological polar surface area (TPSA) is 52.9 Å². The number of hydrogen-bond donors (Lipinski definition) is 1. The third-order valence-electron chi connectivity index (χ3n) is 2.55. The van der Waals surface area contributed by atoms with Crippen LogP contribution in [-0.4, -0.2) is 12.5 Å². The smallest absolute Gasteiger partial charge is 0.223 e. The Bertz CT molecular complexity index is 228. The van der Waals surface area contributed by atoms with Gasteiger partial charge in [0.1, 0.15) is 0 Å². The van der Waals surface area contributed by atoms with E-state index in [1.54, 1.807) is 0 Å². The molecule has 0 heterocycles. The van der Waals surface area contributed by atoms with Crippen molar-refractivity contribution in [3.63, 3.8) is 0 Å². The van der Waals surface area contributed by atoms with Crippen LogP contribution in [0, 0.1) is 29.1 Å². The summed E-state index contributed by atoms with van der Waals surface area (Å²) in [6.45, 7) is 4.25. The van der Waals surface area contributed by atoms with Crippen molar-refractivity contribution in [3.05, 3.63) is 0 Å². The maximum atomic E-state index is 11.4. The molecule has 0 aliphatic heterocycles. The quantitative estimate of drug-likeness (QED) is 0.709. The van der Waals surface area contributed by atoms with E-state index >= 15 is 0 Å². The van der Waals surface area contributed by atoms with E-state index in [-0.39, 0.29) is 17.7 Å². The lowest BCUT2D eigenvalue weighted by Gasteiger charge is -2.11. The van der Waals surface area contributed by atoms with Gasteiger partial charge >= 0.3 is 0 Å². The van der Waals surface area contributed by atoms with Crippen molar-refractivity contribution in [1.82, 2.24) is 5.32 Å². The third kappa shape index (κ3) is 3.06. The third-order valence-corrected chi connectivity index (χ3v) is 2.55. The highest BCUT2D eigenvalue weighted by Crippen LogP contribution is 2.36. The minimum atomic E-state index is -0.0876. The largest absolute Gasteiger partial charge is 0.355 e. The molecule has 1 aliphatic rings. The van der Waals surface area contributed by atoms with E-state index in [2.05, 4.69) is 11.4 Å². The maximum Gasteiger partial charge on any atom is 0.223 e. The Kier molecular flexibility index (Phi) is 3.30. The van der Waals surface area contributed by atoms with Gasteiger partial charge in [-0.25, -0.2) is 0 Å². The summed E-state index contributed by atoms with van der Waals surface area (Å²) in [7, 11) is 0. The molecular formula is C10H16N2O. The summed E-state index contributed by atoms with van der Waals surface area (Å²) in [5.74, 6) is 0.739. The minimum absolute atomic E-state index is 0.0876. The molecule has 0 spiro atoms. The fraction of sp³-hybridized carbons (Fsp3) is 0.800. The van der Waals surface area contributed by atoms with Crippen molar-refractivity contribution in [3.8, 4) is 6.07 Å². The SMILES string of the molecule is CC(C#N)CNC(=O)C(C)C1CC1. The van der Waals surface area contributed by atoms with E-state index in [4.69, 9.17) is 5.26 Å². The van der Waals surface area contributed by atoms with Crippen molar-refractivity contribution in [2.45, 2.75) is 26.7 Å². The summed E-state index contributed by atoms with van der Waals surface area (Å²) < 4.78 is 0. The summed E-state index contributed by atoms with van der Waals surface area (Å²) in [4.78, 5) is 11.4. The molecule has 0 bridgehead atoms. The molecule has 0 saturated heterocycles. The summed E-state index contributed by atoms with van der Waals surface area (Å²) in [6.07, 6.45) is 2.37. The molecule has 72 valence electrons. The van der Waals surface area contributed by atoms with Crippen molar-refractivity contribution < 1.29 is 4.79 Å². The van der Waals surface area contributed by atoms with Crippen LogP contribution in [-0.2, 0) is 4.79 Å². The molecule has 1 amide bonds. The lowest BCUT2D eigenvalue weighted by Crippen LogP contribution is -2.33. The molecule has 0 aromatic rings. The Morgan fingerprint density at radius 1 is 1.62 bits per heavy atom. The van der Waals surface area contributed by atoms with Crippen molar-refractivity contribution in [2.24, 2.45) is 17.8 Å². The molecule has 1 N–H and O–H groups in total. The van der Waals surface area contributed by atoms with Gasteiger partial charge in [0, 0.05) is 12.5 Å². The van der Waals surface area contributed by atoms with Crippen LogP contribution in [0.1, 0.15) is 26.7 Å². The summed E-state index contributed by atoms with van der Waals surface area (Å²) in [5.41, 5.74) is 0. The van der Waals surface area contributed by atoms with Crippen LogP contribution < -0.4 is 5.32 Å². The van der Waals surface area contributed by atoms with E-state index in [0.29, 0.717) is 12.5 Å². The van der Waals surface area contributed by atoms with E-state index in [0.717, 1.165) is 0 Å². The lowest BCUT2D eigenvalue weighted by molar-refractivity contribution is -0.125. The first kappa shape index (κ1) is 10.0. The van der Waals surface area contributed by atoms with Gasteiger partial charge in [0.05, 0.1) is 12.0 Å². The van der Waals surface area contributed by atoms with Crippen LogP contribution in [0.5, 0.6) is 0 Å². The number of rotatable bonds is 4. The zero-order chi connectivity index (χ0) is 9.84. The molecule has 1 fully saturated rings. The average molecular weight is 180 g/mol. The lowest BCUT2D eigenvalue weighted by atomic mass is 10.1. The number of carbonyl (C=O) groups is 1. The summed E-state index contributed by atoms with van der Waals surface area (Å²) in [6, 6.07) is 2.09. The van der Waals surface area contributed by atoms with Crippen LogP contribution in [0.3, 0.4) is 0 Å². The number of nitriles is 1. The molecule has 2 atom stereocenters. The van der Waals surface area contributed by atoms with E-state index < -0.39 is 0 Å². The fourth-order valence-corrected chi connectivity index (χ4v) is 1.27. The zero-order valence-corrected chi connectivity index (χ0v) is 8.21. The second kappa shape index (κ2) is 4.27. The molecule has 1 aliphatic carbocycles. The minimum Gasteiger partial charge on any atom is -0.355 e. The van der Waals surface area contributed by atoms with Gasteiger partial charge < -0.3 is 5.32 Å². The highest BCUT2D eigenvalue weighted by Gasteiger charge is 2.32. The van der Waals surface area contributed by atoms with Gasteiger partial charge in [-0.1, -0.05) is 6.92 Å². The molecule has 3 nitrogen and oxygen atoms in total. The second-order valence-electron chi connectivity index (χ2n) is 3.90. The Labute approximate surface area is 79.1 Å². The predicted molar refractivity (Wildman–Crippen MR) is 49.7 cm³/mol. The van der Waals surface area contributed by atoms with Gasteiger partial charge in [-0.15, -0.1) is 0 Å². The molecule has 2 unspecified atom stereocenters. The molecule has 0 aromatic heterocycles. The van der Waals surface area contributed by atoms with Gasteiger partial charge in [0.15, 0.2) is 0 Å². The van der Waals surface area contributed by atoms with Gasteiger partial charge in [0.2, 0.25) is 5.91 Å². The monoisotopic (exact) mass is 180 g/mol. The molecular weight excluding hydrogens is 164 g/mol. The molecule has 3 heteroatoms. The first-order chi connectivity index (χ1) is 6.15. The molecule has 1 saturated carbocycles. The number of hydrogen-bond acceptors (Lipinski definition) is 2. The van der Waals surface area contributed by atoms with Crippen molar-refractivity contribution in [2.75, 3.05) is 6.54 Å². The first-order valence-corrected chi connectivity index (χ1v) is 4.82. The van der Waals surface area contributed by atoms with Crippen LogP contribution in [0.15, 0.2) is 0 Å². The molecule has 0 radical (unpaired) electrons. The van der Waals surface area contributed by atoms with Gasteiger partial charge in [-0.3, -0.25) is 4.79 Å². The fourth-order valence-electron chi connectivity index (χ4n) is 1.27. The Balaban J connectivity index is 2.21. The van der Waals surface area contributed by atoms with Gasteiger partial charge in [-0.2, -0.15) is 5.26 Å². The Hall–Kier alpha value is -1.04. The van der Waals surface area contributed by atoms with Gasteiger partial charge in [-0.05, 0) is 25.7 Å². The van der Waals surface area contributed by atoms with E-state index in [1.165, 1.54) is 12.8 Å². The highest BCUT2D eigenvalue weighted by atomic mass is 16.1. The van der Waals surface area contributed by atoms with Crippen molar-refractivity contribution in [1.29, 1.82) is 5.26 Å². The predicted octanol–water partition coefficient (Wildman–Crippen LogP) is 1.31. The van der Waals surface area contributed by atoms with Crippen molar-refractivity contribution >= 4 is 5.91 Å². The molecule has 0 aromatic carbocycles. The Morgan fingerprint density at radius 2 is 2.23 bits per heavy atom. The van der Waals surface area contributed by atoms with Crippen LogP contribution in [0.25, 0.3) is 0 Å². The van der Waals surface area contributed by atoms with E-state index in [9.17, 15) is 4.79 Å². The van der Waals surface area contributed by atoms with Gasteiger partial charge in [0.25, 0.3) is 0 Å². The Morgan fingerprint density at radius 3 is 2.69 bits per heavy atom. The van der Waals surface area contributed by atoms with Crippen LogP contribution >= 0.6 is 0 Å². The first-order valence-electron chi connectivity index (χ1n) is 4.82. The number of amides is 1. The number of nitrogens with zero attached hydrogens (tertiary/aromatic N) is 1. The zero-order valence-electron chi connectivity index (χ0n) is 8.21. The van der Waals surface area contributed by atoms with Crippen LogP contribution in [0.4, 0.5) is 0 Å². The number of carbonyl (C=O) groups excluding carboxylic acids is 1. The normalized spacial score (nSPS) is 20.1. The standard InChI is InChI=1S/C10H16N2O/c1-7(5-11)6-12-10(13)8(2)9-3-4-9/h7-9H,3-4,6H2,1-2H3,(H,12,13). The molecule has 13 heavy (non-hydrogen) atoms. The second-order valence-corrected chi connectivity index (χ2v) is 3.90. The average Bonchev–Trinajstić information content (AvgIpc) is 2.95.